The molecular weight excluding hydrogens is 408 g/mol. The van der Waals surface area contributed by atoms with Crippen molar-refractivity contribution in [1.82, 2.24) is 0 Å². The Bertz CT molecular complexity index is 758. The molecule has 4 aliphatic rings. The first-order chi connectivity index (χ1) is 15.7. The molecule has 3 heteroatoms. The summed E-state index contributed by atoms with van der Waals surface area (Å²) in [5.74, 6) is 5.25. The van der Waals surface area contributed by atoms with Crippen LogP contribution in [0.3, 0.4) is 0 Å². The van der Waals surface area contributed by atoms with Gasteiger partial charge < -0.3 is 10.2 Å². The molecule has 3 fully saturated rings. The summed E-state index contributed by atoms with van der Waals surface area (Å²) < 4.78 is 0. The van der Waals surface area contributed by atoms with E-state index in [1.807, 2.05) is 6.08 Å². The Labute approximate surface area is 202 Å². The number of ketones is 1. The van der Waals surface area contributed by atoms with Crippen molar-refractivity contribution in [3.8, 4) is 0 Å². The zero-order valence-corrected chi connectivity index (χ0v) is 22.1. The van der Waals surface area contributed by atoms with Crippen molar-refractivity contribution in [2.75, 3.05) is 6.61 Å². The number of rotatable bonds is 7. The predicted octanol–water partition coefficient (Wildman–Crippen LogP) is 6.42. The first-order valence-electron chi connectivity index (χ1n) is 14.3. The Morgan fingerprint density at radius 3 is 2.24 bits per heavy atom. The van der Waals surface area contributed by atoms with Gasteiger partial charge in [0.15, 0.2) is 5.78 Å². The van der Waals surface area contributed by atoms with E-state index < -0.39 is 6.10 Å². The van der Waals surface area contributed by atoms with Gasteiger partial charge >= 0.3 is 0 Å². The summed E-state index contributed by atoms with van der Waals surface area (Å²) in [4.78, 5) is 12.6. The van der Waals surface area contributed by atoms with Crippen LogP contribution in [0.15, 0.2) is 11.6 Å². The van der Waals surface area contributed by atoms with E-state index in [2.05, 4.69) is 41.5 Å². The van der Waals surface area contributed by atoms with Crippen molar-refractivity contribution >= 4 is 5.78 Å². The van der Waals surface area contributed by atoms with Crippen LogP contribution in [0.25, 0.3) is 0 Å². The van der Waals surface area contributed by atoms with Crippen LogP contribution >= 0.6 is 0 Å². The molecule has 188 valence electrons. The van der Waals surface area contributed by atoms with Crippen LogP contribution < -0.4 is 0 Å². The summed E-state index contributed by atoms with van der Waals surface area (Å²) in [6.45, 7) is 14.9. The maximum Gasteiger partial charge on any atom is 0.184 e. The Hall–Kier alpha value is -0.670. The quantitative estimate of drug-likeness (QED) is 0.463. The molecular formula is C30H50O3. The number of carbonyl (C=O) groups is 1. The fourth-order valence-electron chi connectivity index (χ4n) is 10.6. The number of fused-ring (bicyclic) bond motifs is 5. The normalized spacial score (nSPS) is 49.3. The monoisotopic (exact) mass is 458 g/mol. The summed E-state index contributed by atoms with van der Waals surface area (Å²) in [5.41, 5.74) is 1.69. The first kappa shape index (κ1) is 25.4. The van der Waals surface area contributed by atoms with E-state index in [-0.39, 0.29) is 11.2 Å². The topological polar surface area (TPSA) is 57.5 Å². The maximum absolute atomic E-state index is 12.6. The van der Waals surface area contributed by atoms with E-state index in [9.17, 15) is 15.0 Å². The van der Waals surface area contributed by atoms with Crippen LogP contribution in [0.1, 0.15) is 99.3 Å². The van der Waals surface area contributed by atoms with E-state index >= 15 is 0 Å². The van der Waals surface area contributed by atoms with Crippen LogP contribution in [0.4, 0.5) is 0 Å². The molecule has 0 radical (unpaired) electrons. The standard InChI is InChI=1S/C30H50O3/c1-7-18-20(9-3)27-23(30(6)17-26(33)25(32)16-24(18)30)13-14-29(5)22(12-11-15-31)19(8-2)21(10-4)28(27)29/h16,18-23,26-28,31,33H,7-15,17H2,1-6H3/t18?,19?,20?,21?,22?,23-,26?,27-,28+,29-,30-/m1/s1. The predicted molar refractivity (Wildman–Crippen MR) is 135 cm³/mol. The Morgan fingerprint density at radius 2 is 1.67 bits per heavy atom. The van der Waals surface area contributed by atoms with Gasteiger partial charge in [0.05, 0.1) is 0 Å². The van der Waals surface area contributed by atoms with Crippen molar-refractivity contribution < 1.29 is 15.0 Å². The SMILES string of the molecule is CCC1C2=CC(=O)C(O)C[C@]2(C)[C@@H]2CC[C@]3(C)C(CCCO)C(CC)C(CC)[C@H]3[C@@H]2C1CC. The Morgan fingerprint density at radius 1 is 1.00 bits per heavy atom. The second-order valence-corrected chi connectivity index (χ2v) is 12.6. The lowest BCUT2D eigenvalue weighted by molar-refractivity contribution is -0.136. The summed E-state index contributed by atoms with van der Waals surface area (Å²) in [7, 11) is 0. The molecule has 4 rings (SSSR count). The minimum Gasteiger partial charge on any atom is -0.396 e. The lowest BCUT2D eigenvalue weighted by atomic mass is 9.41. The maximum atomic E-state index is 12.6. The van der Waals surface area contributed by atoms with Crippen LogP contribution in [-0.4, -0.2) is 28.7 Å². The van der Waals surface area contributed by atoms with Crippen molar-refractivity contribution in [3.63, 3.8) is 0 Å². The summed E-state index contributed by atoms with van der Waals surface area (Å²) in [5, 5.41) is 20.4. The minimum absolute atomic E-state index is 0.0468. The number of aliphatic hydroxyl groups excluding tert-OH is 2. The van der Waals surface area contributed by atoms with Crippen LogP contribution in [0, 0.1) is 58.2 Å². The number of hydrogen-bond acceptors (Lipinski definition) is 3. The molecule has 2 N–H and O–H groups in total. The molecule has 3 saturated carbocycles. The van der Waals surface area contributed by atoms with Gasteiger partial charge in [0.1, 0.15) is 6.10 Å². The molecule has 0 amide bonds. The Kier molecular flexibility index (Phi) is 7.25. The molecule has 33 heavy (non-hydrogen) atoms. The van der Waals surface area contributed by atoms with E-state index in [1.165, 1.54) is 44.1 Å². The van der Waals surface area contributed by atoms with Gasteiger partial charge in [0.2, 0.25) is 0 Å². The van der Waals surface area contributed by atoms with Crippen LogP contribution in [-0.2, 0) is 4.79 Å². The fraction of sp³-hybridized carbons (Fsp3) is 0.900. The molecule has 0 aromatic heterocycles. The van der Waals surface area contributed by atoms with E-state index in [1.54, 1.807) is 0 Å². The van der Waals surface area contributed by atoms with E-state index in [4.69, 9.17) is 0 Å². The molecule has 3 nitrogen and oxygen atoms in total. The third-order valence-electron chi connectivity index (χ3n) is 11.7. The van der Waals surface area contributed by atoms with E-state index in [0.29, 0.717) is 48.0 Å². The van der Waals surface area contributed by atoms with Gasteiger partial charge in [0.25, 0.3) is 0 Å². The highest BCUT2D eigenvalue weighted by Crippen LogP contribution is 2.72. The number of carbonyl (C=O) groups excluding carboxylic acids is 1. The molecule has 0 aromatic rings. The molecule has 0 heterocycles. The molecule has 11 atom stereocenters. The van der Waals surface area contributed by atoms with Crippen molar-refractivity contribution in [2.24, 2.45) is 58.2 Å². The lowest BCUT2D eigenvalue weighted by Crippen LogP contribution is -2.58. The molecule has 6 unspecified atom stereocenters. The zero-order chi connectivity index (χ0) is 24.1. The molecule has 4 aliphatic carbocycles. The highest BCUT2D eigenvalue weighted by atomic mass is 16.3. The smallest absolute Gasteiger partial charge is 0.184 e. The fourth-order valence-corrected chi connectivity index (χ4v) is 10.6. The Balaban J connectivity index is 1.84. The van der Waals surface area contributed by atoms with Crippen molar-refractivity contribution in [3.05, 3.63) is 11.6 Å². The third-order valence-corrected chi connectivity index (χ3v) is 11.7. The summed E-state index contributed by atoms with van der Waals surface area (Å²) in [6.07, 6.45) is 11.1. The summed E-state index contributed by atoms with van der Waals surface area (Å²) in [6, 6.07) is 0. The van der Waals surface area contributed by atoms with Crippen molar-refractivity contribution in [2.45, 2.75) is 105 Å². The van der Waals surface area contributed by atoms with E-state index in [0.717, 1.165) is 30.6 Å². The average Bonchev–Trinajstić information content (AvgIpc) is 3.05. The molecule has 0 bridgehead atoms. The zero-order valence-electron chi connectivity index (χ0n) is 22.1. The third kappa shape index (κ3) is 3.62. The molecule has 0 aromatic carbocycles. The van der Waals surface area contributed by atoms with Gasteiger partial charge in [-0.05, 0) is 103 Å². The second kappa shape index (κ2) is 9.41. The number of hydrogen-bond donors (Lipinski definition) is 2. The average molecular weight is 459 g/mol. The van der Waals surface area contributed by atoms with Gasteiger partial charge in [-0.3, -0.25) is 4.79 Å². The molecule has 0 saturated heterocycles. The molecule has 0 spiro atoms. The minimum atomic E-state index is -0.824. The molecule has 0 aliphatic heterocycles. The highest BCUT2D eigenvalue weighted by Gasteiger charge is 2.66. The van der Waals surface area contributed by atoms with Crippen molar-refractivity contribution in [1.29, 1.82) is 0 Å². The largest absolute Gasteiger partial charge is 0.396 e. The number of allylic oxidation sites excluding steroid dienone is 1. The van der Waals surface area contributed by atoms with Gasteiger partial charge in [-0.2, -0.15) is 0 Å². The van der Waals surface area contributed by atoms with Gasteiger partial charge in [-0.1, -0.05) is 66.4 Å². The lowest BCUT2D eigenvalue weighted by Gasteiger charge is -2.63. The van der Waals surface area contributed by atoms with Gasteiger partial charge in [-0.15, -0.1) is 0 Å². The first-order valence-corrected chi connectivity index (χ1v) is 14.3. The number of aliphatic hydroxyl groups is 2. The van der Waals surface area contributed by atoms with Gasteiger partial charge in [0, 0.05) is 6.61 Å². The van der Waals surface area contributed by atoms with Crippen LogP contribution in [0.2, 0.25) is 0 Å². The summed E-state index contributed by atoms with van der Waals surface area (Å²) >= 11 is 0. The van der Waals surface area contributed by atoms with Gasteiger partial charge in [-0.25, -0.2) is 0 Å². The highest BCUT2D eigenvalue weighted by molar-refractivity contribution is 5.95. The second-order valence-electron chi connectivity index (χ2n) is 12.6. The van der Waals surface area contributed by atoms with Crippen LogP contribution in [0.5, 0.6) is 0 Å².